The molecule has 5 rings (SSSR count). The summed E-state index contributed by atoms with van der Waals surface area (Å²) in [5.41, 5.74) is 1.39. The fraction of sp³-hybridized carbons (Fsp3) is 0.412. The van der Waals surface area contributed by atoms with Gasteiger partial charge in [-0.15, -0.1) is 0 Å². The second-order valence-electron chi connectivity index (χ2n) is 6.15. The van der Waals surface area contributed by atoms with Crippen LogP contribution in [0.4, 0.5) is 0 Å². The van der Waals surface area contributed by atoms with Crippen LogP contribution in [0.15, 0.2) is 41.1 Å². The van der Waals surface area contributed by atoms with E-state index in [1.807, 2.05) is 30.3 Å². The second-order valence-corrected chi connectivity index (χ2v) is 6.15. The van der Waals surface area contributed by atoms with Gasteiger partial charge in [-0.2, -0.15) is 0 Å². The number of fused-ring (bicyclic) bond motifs is 3. The fourth-order valence-corrected chi connectivity index (χ4v) is 3.57. The molecule has 2 bridgehead atoms. The molecule has 3 aliphatic heterocycles. The Labute approximate surface area is 129 Å². The molecule has 4 heterocycles. The number of benzene rings is 1. The molecule has 5 nitrogen and oxygen atoms in total. The molecule has 22 heavy (non-hydrogen) atoms. The maximum Gasteiger partial charge on any atom is 0.257 e. The Morgan fingerprint density at radius 2 is 2.00 bits per heavy atom. The quantitative estimate of drug-likeness (QED) is 0.943. The molecule has 0 radical (unpaired) electrons. The Balaban J connectivity index is 1.53. The van der Waals surface area contributed by atoms with Crippen molar-refractivity contribution >= 4 is 5.91 Å². The number of amides is 1. The van der Waals surface area contributed by atoms with Crippen LogP contribution in [-0.2, 0) is 0 Å². The molecule has 2 aromatic rings. The molecule has 3 saturated heterocycles. The first kappa shape index (κ1) is 13.5. The summed E-state index contributed by atoms with van der Waals surface area (Å²) < 4.78 is 5.30. The first-order valence-corrected chi connectivity index (χ1v) is 7.84. The van der Waals surface area contributed by atoms with Gasteiger partial charge in [0.2, 0.25) is 0 Å². The molecule has 114 valence electrons. The summed E-state index contributed by atoms with van der Waals surface area (Å²) in [5.74, 6) is 1.06. The van der Waals surface area contributed by atoms with E-state index in [2.05, 4.69) is 15.4 Å². The van der Waals surface area contributed by atoms with E-state index in [4.69, 9.17) is 4.52 Å². The molecule has 1 atom stereocenters. The van der Waals surface area contributed by atoms with E-state index >= 15 is 0 Å². The zero-order valence-corrected chi connectivity index (χ0v) is 12.4. The van der Waals surface area contributed by atoms with Gasteiger partial charge in [-0.25, -0.2) is 0 Å². The second kappa shape index (κ2) is 5.57. The molecule has 5 heteroatoms. The van der Waals surface area contributed by atoms with E-state index in [0.29, 0.717) is 17.2 Å². The number of carbonyl (C=O) groups is 1. The molecule has 1 aromatic carbocycles. The van der Waals surface area contributed by atoms with Crippen molar-refractivity contribution < 1.29 is 9.32 Å². The van der Waals surface area contributed by atoms with Crippen molar-refractivity contribution in [3.8, 4) is 11.3 Å². The molecular weight excluding hydrogens is 278 g/mol. The number of hydrogen-bond donors (Lipinski definition) is 1. The van der Waals surface area contributed by atoms with Crippen molar-refractivity contribution in [1.29, 1.82) is 0 Å². The lowest BCUT2D eigenvalue weighted by Gasteiger charge is -2.44. The van der Waals surface area contributed by atoms with Crippen LogP contribution in [0.1, 0.15) is 23.2 Å². The summed E-state index contributed by atoms with van der Waals surface area (Å²) in [5, 5.41) is 7.00. The summed E-state index contributed by atoms with van der Waals surface area (Å²) >= 11 is 0. The van der Waals surface area contributed by atoms with Gasteiger partial charge < -0.3 is 14.7 Å². The summed E-state index contributed by atoms with van der Waals surface area (Å²) in [4.78, 5) is 15.0. The number of piperidine rings is 3. The largest absolute Gasteiger partial charge is 0.355 e. The molecule has 0 spiro atoms. The van der Waals surface area contributed by atoms with Gasteiger partial charge in [0.15, 0.2) is 5.76 Å². The number of nitrogens with zero attached hydrogens (tertiary/aromatic N) is 2. The minimum absolute atomic E-state index is 0.0844. The predicted molar refractivity (Wildman–Crippen MR) is 82.4 cm³/mol. The predicted octanol–water partition coefficient (Wildman–Crippen LogP) is 2.17. The molecule has 3 fully saturated rings. The minimum Gasteiger partial charge on any atom is -0.355 e. The smallest absolute Gasteiger partial charge is 0.257 e. The fourth-order valence-electron chi connectivity index (χ4n) is 3.57. The average Bonchev–Trinajstić information content (AvgIpc) is 3.06. The summed E-state index contributed by atoms with van der Waals surface area (Å²) in [6.45, 7) is 3.29. The topological polar surface area (TPSA) is 58.4 Å². The van der Waals surface area contributed by atoms with Crippen LogP contribution in [0, 0.1) is 5.92 Å². The Morgan fingerprint density at radius 3 is 2.68 bits per heavy atom. The number of hydrogen-bond acceptors (Lipinski definition) is 4. The van der Waals surface area contributed by atoms with Gasteiger partial charge in [0.25, 0.3) is 5.91 Å². The van der Waals surface area contributed by atoms with Crippen LogP contribution in [0.5, 0.6) is 0 Å². The van der Waals surface area contributed by atoms with Gasteiger partial charge in [0.05, 0.1) is 6.20 Å². The highest BCUT2D eigenvalue weighted by Gasteiger charge is 2.35. The van der Waals surface area contributed by atoms with Crippen LogP contribution in [0.3, 0.4) is 0 Å². The molecular formula is C17H19N3O2. The molecule has 1 aromatic heterocycles. The lowest BCUT2D eigenvalue weighted by Crippen LogP contribution is -2.57. The van der Waals surface area contributed by atoms with Gasteiger partial charge in [-0.3, -0.25) is 4.79 Å². The van der Waals surface area contributed by atoms with E-state index in [-0.39, 0.29) is 11.9 Å². The number of carbonyl (C=O) groups excluding carboxylic acids is 1. The highest BCUT2D eigenvalue weighted by Crippen LogP contribution is 2.28. The highest BCUT2D eigenvalue weighted by atomic mass is 16.5. The van der Waals surface area contributed by atoms with E-state index in [9.17, 15) is 4.79 Å². The first-order valence-electron chi connectivity index (χ1n) is 7.84. The number of aromatic nitrogens is 1. The van der Waals surface area contributed by atoms with Gasteiger partial charge in [-0.1, -0.05) is 35.5 Å². The Kier molecular flexibility index (Phi) is 3.42. The van der Waals surface area contributed by atoms with Crippen LogP contribution in [-0.4, -0.2) is 41.6 Å². The van der Waals surface area contributed by atoms with Gasteiger partial charge >= 0.3 is 0 Å². The first-order chi connectivity index (χ1) is 10.8. The summed E-state index contributed by atoms with van der Waals surface area (Å²) in [6.07, 6.45) is 3.87. The Bertz CT molecular complexity index is 660. The van der Waals surface area contributed by atoms with Gasteiger partial charge in [-0.05, 0) is 31.8 Å². The average molecular weight is 297 g/mol. The standard InChI is InChI=1S/C17H19N3O2/c21-17(19-15-11-20-8-6-12(15)7-9-20)14-10-18-22-16(14)13-4-2-1-3-5-13/h1-5,10,12,15H,6-9,11H2,(H,19,21). The SMILES string of the molecule is O=C(NC1CN2CCC1CC2)c1cnoc1-c1ccccc1. The summed E-state index contributed by atoms with van der Waals surface area (Å²) in [7, 11) is 0. The maximum atomic E-state index is 12.6. The van der Waals surface area contributed by atoms with Crippen molar-refractivity contribution in [2.45, 2.75) is 18.9 Å². The minimum atomic E-state index is -0.0844. The summed E-state index contributed by atoms with van der Waals surface area (Å²) in [6, 6.07) is 9.87. The van der Waals surface area contributed by atoms with Crippen molar-refractivity contribution in [2.24, 2.45) is 5.92 Å². The zero-order valence-electron chi connectivity index (χ0n) is 12.4. The van der Waals surface area contributed by atoms with Crippen LogP contribution < -0.4 is 5.32 Å². The highest BCUT2D eigenvalue weighted by molar-refractivity contribution is 5.99. The monoisotopic (exact) mass is 297 g/mol. The molecule has 1 amide bonds. The molecule has 1 N–H and O–H groups in total. The van der Waals surface area contributed by atoms with Crippen molar-refractivity contribution in [1.82, 2.24) is 15.4 Å². The van der Waals surface area contributed by atoms with Crippen molar-refractivity contribution in [3.63, 3.8) is 0 Å². The lowest BCUT2D eigenvalue weighted by molar-refractivity contribution is 0.0620. The Hall–Kier alpha value is -2.14. The van der Waals surface area contributed by atoms with Crippen LogP contribution in [0.2, 0.25) is 0 Å². The molecule has 3 aliphatic rings. The molecule has 0 aliphatic carbocycles. The molecule has 1 unspecified atom stereocenters. The van der Waals surface area contributed by atoms with Gasteiger partial charge in [0, 0.05) is 18.2 Å². The van der Waals surface area contributed by atoms with Crippen LogP contribution in [0.25, 0.3) is 11.3 Å². The van der Waals surface area contributed by atoms with E-state index < -0.39 is 0 Å². The third kappa shape index (κ3) is 2.41. The van der Waals surface area contributed by atoms with E-state index in [1.165, 1.54) is 32.1 Å². The van der Waals surface area contributed by atoms with Crippen molar-refractivity contribution in [2.75, 3.05) is 19.6 Å². The Morgan fingerprint density at radius 1 is 1.23 bits per heavy atom. The van der Waals surface area contributed by atoms with Gasteiger partial charge in [0.1, 0.15) is 5.56 Å². The number of nitrogens with one attached hydrogen (secondary N) is 1. The molecule has 0 saturated carbocycles. The normalized spacial score (nSPS) is 26.8. The van der Waals surface area contributed by atoms with Crippen LogP contribution >= 0.6 is 0 Å². The van der Waals surface area contributed by atoms with E-state index in [1.54, 1.807) is 0 Å². The third-order valence-electron chi connectivity index (χ3n) is 4.82. The third-order valence-corrected chi connectivity index (χ3v) is 4.82. The maximum absolute atomic E-state index is 12.6. The van der Waals surface area contributed by atoms with E-state index in [0.717, 1.165) is 12.1 Å². The lowest BCUT2D eigenvalue weighted by atomic mass is 9.84. The zero-order chi connectivity index (χ0) is 14.9. The number of rotatable bonds is 3. The van der Waals surface area contributed by atoms with Crippen molar-refractivity contribution in [3.05, 3.63) is 42.1 Å².